The van der Waals surface area contributed by atoms with E-state index in [1.54, 1.807) is 0 Å². The number of nitrogens with one attached hydrogen (secondary N) is 3. The third-order valence-electron chi connectivity index (χ3n) is 5.86. The SMILES string of the molecule is CCc1ccc(C(C[C@H]2CCC(=O)N2)c2ccc(CCc3nn[nH]n3)c(Cl)c2)[nH]c1=O. The lowest BCUT2D eigenvalue weighted by Gasteiger charge is -2.22. The van der Waals surface area contributed by atoms with Crippen molar-refractivity contribution >= 4 is 17.5 Å². The normalized spacial score (nSPS) is 17.0. The molecule has 0 bridgehead atoms. The first-order valence-corrected chi connectivity index (χ1v) is 10.9. The Morgan fingerprint density at radius 3 is 2.65 bits per heavy atom. The summed E-state index contributed by atoms with van der Waals surface area (Å²) in [5, 5.41) is 17.7. The van der Waals surface area contributed by atoms with Gasteiger partial charge in [0, 0.05) is 41.1 Å². The van der Waals surface area contributed by atoms with E-state index in [1.807, 2.05) is 37.3 Å². The molecule has 8 nitrogen and oxygen atoms in total. The van der Waals surface area contributed by atoms with Crippen molar-refractivity contribution in [2.24, 2.45) is 0 Å². The maximum Gasteiger partial charge on any atom is 0.251 e. The first kappa shape index (κ1) is 21.2. The van der Waals surface area contributed by atoms with Crippen molar-refractivity contribution in [3.05, 3.63) is 73.9 Å². The van der Waals surface area contributed by atoms with E-state index < -0.39 is 0 Å². The van der Waals surface area contributed by atoms with Gasteiger partial charge in [-0.1, -0.05) is 41.9 Å². The van der Waals surface area contributed by atoms with Crippen LogP contribution in [0.15, 0.2) is 35.1 Å². The van der Waals surface area contributed by atoms with Crippen LogP contribution < -0.4 is 10.9 Å². The van der Waals surface area contributed by atoms with Crippen LogP contribution in [0, 0.1) is 0 Å². The lowest BCUT2D eigenvalue weighted by Crippen LogP contribution is -2.28. The lowest BCUT2D eigenvalue weighted by molar-refractivity contribution is -0.119. The Kier molecular flexibility index (Phi) is 6.46. The van der Waals surface area contributed by atoms with Crippen LogP contribution in [0.3, 0.4) is 0 Å². The predicted molar refractivity (Wildman–Crippen MR) is 117 cm³/mol. The second kappa shape index (κ2) is 9.43. The van der Waals surface area contributed by atoms with Gasteiger partial charge < -0.3 is 10.3 Å². The summed E-state index contributed by atoms with van der Waals surface area (Å²) in [6.45, 7) is 1.96. The largest absolute Gasteiger partial charge is 0.353 e. The molecular formula is C22H25ClN6O2. The molecule has 3 heterocycles. The van der Waals surface area contributed by atoms with Crippen molar-refractivity contribution in [3.63, 3.8) is 0 Å². The van der Waals surface area contributed by atoms with E-state index in [-0.39, 0.29) is 23.4 Å². The number of aryl methyl sites for hydroxylation is 3. The topological polar surface area (TPSA) is 116 Å². The minimum absolute atomic E-state index is 0.0664. The average Bonchev–Trinajstić information content (AvgIpc) is 3.42. The highest BCUT2D eigenvalue weighted by Gasteiger charge is 2.27. The monoisotopic (exact) mass is 440 g/mol. The van der Waals surface area contributed by atoms with Crippen LogP contribution in [0.2, 0.25) is 5.02 Å². The number of aromatic amines is 2. The van der Waals surface area contributed by atoms with Gasteiger partial charge in [-0.05, 0) is 48.9 Å². The number of hydrogen-bond acceptors (Lipinski definition) is 5. The van der Waals surface area contributed by atoms with Gasteiger partial charge in [-0.3, -0.25) is 9.59 Å². The number of amides is 1. The highest BCUT2D eigenvalue weighted by Crippen LogP contribution is 2.32. The van der Waals surface area contributed by atoms with E-state index in [0.29, 0.717) is 43.0 Å². The Balaban J connectivity index is 1.60. The van der Waals surface area contributed by atoms with Crippen LogP contribution in [0.1, 0.15) is 60.3 Å². The number of nitrogens with zero attached hydrogens (tertiary/aromatic N) is 3. The Labute approximate surface area is 184 Å². The molecule has 2 atom stereocenters. The fourth-order valence-corrected chi connectivity index (χ4v) is 4.38. The standard InChI is InChI=1S/C22H25ClN6O2/c1-2-13-5-8-19(25-22(13)31)17(12-16-7-10-21(30)24-16)15-4-3-14(18(23)11-15)6-9-20-26-28-29-27-20/h3-5,8,11,16-17H,2,6-7,9-10,12H2,1H3,(H,24,30)(H,25,31)(H,26,27,28,29)/t16-,17?/m1/s1. The van der Waals surface area contributed by atoms with Crippen molar-refractivity contribution in [2.45, 2.75) is 57.4 Å². The van der Waals surface area contributed by atoms with Gasteiger partial charge in [0.2, 0.25) is 5.91 Å². The number of H-pyrrole nitrogens is 2. The Bertz CT molecular complexity index is 1110. The Morgan fingerprint density at radius 1 is 1.16 bits per heavy atom. The van der Waals surface area contributed by atoms with Crippen molar-refractivity contribution in [1.82, 2.24) is 30.9 Å². The molecule has 2 aromatic heterocycles. The molecule has 0 spiro atoms. The number of carbonyl (C=O) groups is 1. The second-order valence-electron chi connectivity index (χ2n) is 7.89. The van der Waals surface area contributed by atoms with E-state index in [1.165, 1.54) is 0 Å². The maximum absolute atomic E-state index is 12.4. The third-order valence-corrected chi connectivity index (χ3v) is 6.21. The quantitative estimate of drug-likeness (QED) is 0.498. The number of rotatable bonds is 8. The number of pyridine rings is 1. The molecule has 4 rings (SSSR count). The summed E-state index contributed by atoms with van der Waals surface area (Å²) < 4.78 is 0. The van der Waals surface area contributed by atoms with Gasteiger partial charge in [0.05, 0.1) is 0 Å². The van der Waals surface area contributed by atoms with Gasteiger partial charge in [-0.25, -0.2) is 0 Å². The van der Waals surface area contributed by atoms with Crippen LogP contribution in [0.25, 0.3) is 0 Å². The van der Waals surface area contributed by atoms with E-state index in [2.05, 4.69) is 30.9 Å². The Morgan fingerprint density at radius 2 is 2.00 bits per heavy atom. The number of tetrazole rings is 1. The summed E-state index contributed by atoms with van der Waals surface area (Å²) in [7, 11) is 0. The minimum Gasteiger partial charge on any atom is -0.353 e. The second-order valence-corrected chi connectivity index (χ2v) is 8.30. The third kappa shape index (κ3) is 5.02. The van der Waals surface area contributed by atoms with Crippen LogP contribution in [-0.4, -0.2) is 37.6 Å². The van der Waals surface area contributed by atoms with Gasteiger partial charge in [0.25, 0.3) is 5.56 Å². The highest BCUT2D eigenvalue weighted by atomic mass is 35.5. The van der Waals surface area contributed by atoms with Gasteiger partial charge in [0.15, 0.2) is 5.82 Å². The fourth-order valence-electron chi connectivity index (χ4n) is 4.10. The highest BCUT2D eigenvalue weighted by molar-refractivity contribution is 6.31. The van der Waals surface area contributed by atoms with Crippen LogP contribution in [0.5, 0.6) is 0 Å². The van der Waals surface area contributed by atoms with Crippen LogP contribution >= 0.6 is 11.6 Å². The molecular weight excluding hydrogens is 416 g/mol. The Hall–Kier alpha value is -3.00. The van der Waals surface area contributed by atoms with Crippen molar-refractivity contribution < 1.29 is 4.79 Å². The van der Waals surface area contributed by atoms with E-state index in [9.17, 15) is 9.59 Å². The van der Waals surface area contributed by atoms with Crippen LogP contribution in [-0.2, 0) is 24.1 Å². The summed E-state index contributed by atoms with van der Waals surface area (Å²) in [4.78, 5) is 27.2. The average molecular weight is 441 g/mol. The molecule has 0 aliphatic carbocycles. The maximum atomic E-state index is 12.4. The van der Waals surface area contributed by atoms with E-state index >= 15 is 0 Å². The summed E-state index contributed by atoms with van der Waals surface area (Å²) in [5.41, 5.74) is 3.53. The zero-order valence-corrected chi connectivity index (χ0v) is 18.1. The number of carbonyl (C=O) groups excluding carboxylic acids is 1. The molecule has 9 heteroatoms. The van der Waals surface area contributed by atoms with E-state index in [0.717, 1.165) is 28.8 Å². The molecule has 1 amide bonds. The smallest absolute Gasteiger partial charge is 0.251 e. The van der Waals surface area contributed by atoms with Gasteiger partial charge in [-0.2, -0.15) is 5.21 Å². The zero-order valence-electron chi connectivity index (χ0n) is 17.3. The molecule has 1 unspecified atom stereocenters. The molecule has 1 saturated heterocycles. The molecule has 3 N–H and O–H groups in total. The molecule has 3 aromatic rings. The first-order valence-electron chi connectivity index (χ1n) is 10.6. The van der Waals surface area contributed by atoms with Crippen LogP contribution in [0.4, 0.5) is 0 Å². The summed E-state index contributed by atoms with van der Waals surface area (Å²) in [6, 6.07) is 9.94. The molecule has 1 aliphatic heterocycles. The van der Waals surface area contributed by atoms with Gasteiger partial charge >= 0.3 is 0 Å². The van der Waals surface area contributed by atoms with Crippen molar-refractivity contribution in [1.29, 1.82) is 0 Å². The summed E-state index contributed by atoms with van der Waals surface area (Å²) >= 11 is 6.61. The predicted octanol–water partition coefficient (Wildman–Crippen LogP) is 2.69. The lowest BCUT2D eigenvalue weighted by atomic mass is 9.87. The molecule has 31 heavy (non-hydrogen) atoms. The number of benzene rings is 1. The zero-order chi connectivity index (χ0) is 21.8. The fraction of sp³-hybridized carbons (Fsp3) is 0.409. The van der Waals surface area contributed by atoms with Crippen molar-refractivity contribution in [3.8, 4) is 0 Å². The van der Waals surface area contributed by atoms with Crippen molar-refractivity contribution in [2.75, 3.05) is 0 Å². The summed E-state index contributed by atoms with van der Waals surface area (Å²) in [6.07, 6.45) is 4.05. The molecule has 162 valence electrons. The minimum atomic E-state index is -0.0780. The summed E-state index contributed by atoms with van der Waals surface area (Å²) in [5.74, 6) is 0.641. The number of halogens is 1. The molecule has 0 saturated carbocycles. The van der Waals surface area contributed by atoms with E-state index in [4.69, 9.17) is 11.6 Å². The molecule has 1 aliphatic rings. The molecule has 1 aromatic carbocycles. The molecule has 0 radical (unpaired) electrons. The molecule has 1 fully saturated rings. The first-order chi connectivity index (χ1) is 15.0. The number of aromatic nitrogens is 5. The van der Waals surface area contributed by atoms with Gasteiger partial charge in [0.1, 0.15) is 0 Å². The number of hydrogen-bond donors (Lipinski definition) is 3. The van der Waals surface area contributed by atoms with Gasteiger partial charge in [-0.15, -0.1) is 10.2 Å².